The molecule has 0 fully saturated rings. The minimum absolute atomic E-state index is 0.302. The molecule has 2 heterocycles. The molecule has 0 spiro atoms. The highest BCUT2D eigenvalue weighted by molar-refractivity contribution is 9.11. The van der Waals surface area contributed by atoms with Crippen LogP contribution in [0.3, 0.4) is 0 Å². The third-order valence-electron chi connectivity index (χ3n) is 2.17. The number of sulfonamides is 1. The second-order valence-corrected chi connectivity index (χ2v) is 7.90. The monoisotopic (exact) mass is 332 g/mol. The average molecular weight is 333 g/mol. The minimum Gasteiger partial charge on any atom is -0.267 e. The van der Waals surface area contributed by atoms with Crippen molar-refractivity contribution >= 4 is 43.0 Å². The number of aromatic nitrogens is 1. The van der Waals surface area contributed by atoms with E-state index < -0.39 is 10.0 Å². The molecule has 17 heavy (non-hydrogen) atoms. The second kappa shape index (κ2) is 4.75. The van der Waals surface area contributed by atoms with Crippen molar-refractivity contribution in [3.05, 3.63) is 40.4 Å². The summed E-state index contributed by atoms with van der Waals surface area (Å²) in [6.45, 7) is 0. The zero-order chi connectivity index (χ0) is 12.5. The van der Waals surface area contributed by atoms with E-state index in [0.29, 0.717) is 9.90 Å². The van der Waals surface area contributed by atoms with Gasteiger partial charge >= 0.3 is 0 Å². The molecule has 90 valence electrons. The number of hydrogen-bond acceptors (Lipinski definition) is 4. The van der Waals surface area contributed by atoms with Gasteiger partial charge in [0.15, 0.2) is 0 Å². The summed E-state index contributed by atoms with van der Waals surface area (Å²) in [7, 11) is -1.98. The molecule has 0 aliphatic rings. The standard InChI is InChI=1S/C10H9BrN2O2S2/c1-13(8-3-2-6-12-7-8)17(14,15)10-5-4-9(11)16-10/h2-7H,1H3. The predicted molar refractivity (Wildman–Crippen MR) is 71.8 cm³/mol. The van der Waals surface area contributed by atoms with Crippen molar-refractivity contribution in [2.75, 3.05) is 11.4 Å². The predicted octanol–water partition coefficient (Wildman–Crippen LogP) is 2.73. The average Bonchev–Trinajstić information content (AvgIpc) is 2.77. The van der Waals surface area contributed by atoms with E-state index in [0.717, 1.165) is 3.79 Å². The summed E-state index contributed by atoms with van der Waals surface area (Å²) in [5, 5.41) is 0. The molecule has 0 aliphatic carbocycles. The maximum atomic E-state index is 12.2. The highest BCUT2D eigenvalue weighted by Crippen LogP contribution is 2.29. The molecular weight excluding hydrogens is 324 g/mol. The van der Waals surface area contributed by atoms with Crippen LogP contribution in [0.4, 0.5) is 5.69 Å². The van der Waals surface area contributed by atoms with E-state index in [2.05, 4.69) is 20.9 Å². The van der Waals surface area contributed by atoms with Crippen molar-refractivity contribution < 1.29 is 8.42 Å². The molecule has 0 bridgehead atoms. The molecule has 0 unspecified atom stereocenters. The van der Waals surface area contributed by atoms with Crippen LogP contribution in [0.5, 0.6) is 0 Å². The molecule has 7 heteroatoms. The van der Waals surface area contributed by atoms with Gasteiger partial charge in [0, 0.05) is 13.2 Å². The Bertz CT molecular complexity index is 610. The van der Waals surface area contributed by atoms with Gasteiger partial charge in [0.25, 0.3) is 10.0 Å². The second-order valence-electron chi connectivity index (χ2n) is 3.24. The van der Waals surface area contributed by atoms with Gasteiger partial charge in [-0.2, -0.15) is 0 Å². The zero-order valence-corrected chi connectivity index (χ0v) is 12.1. The maximum absolute atomic E-state index is 12.2. The van der Waals surface area contributed by atoms with Crippen LogP contribution < -0.4 is 4.31 Å². The number of anilines is 1. The lowest BCUT2D eigenvalue weighted by Crippen LogP contribution is -2.25. The molecular formula is C10H9BrN2O2S2. The largest absolute Gasteiger partial charge is 0.273 e. The SMILES string of the molecule is CN(c1cccnc1)S(=O)(=O)c1ccc(Br)s1. The first kappa shape index (κ1) is 12.5. The summed E-state index contributed by atoms with van der Waals surface area (Å²) in [4.78, 5) is 3.91. The lowest BCUT2D eigenvalue weighted by Gasteiger charge is -2.17. The summed E-state index contributed by atoms with van der Waals surface area (Å²) in [5.41, 5.74) is 0.539. The van der Waals surface area contributed by atoms with Gasteiger partial charge in [0.05, 0.1) is 15.7 Å². The van der Waals surface area contributed by atoms with E-state index in [1.165, 1.54) is 28.9 Å². The number of halogens is 1. The van der Waals surface area contributed by atoms with Crippen LogP contribution in [0.1, 0.15) is 0 Å². The van der Waals surface area contributed by atoms with Crippen LogP contribution in [0.15, 0.2) is 44.7 Å². The van der Waals surface area contributed by atoms with Crippen molar-refractivity contribution in [2.24, 2.45) is 0 Å². The normalized spacial score (nSPS) is 11.4. The summed E-state index contributed by atoms with van der Waals surface area (Å²) in [5.74, 6) is 0. The molecule has 0 aliphatic heterocycles. The van der Waals surface area contributed by atoms with Crippen molar-refractivity contribution in [3.8, 4) is 0 Å². The first-order valence-electron chi connectivity index (χ1n) is 4.66. The van der Waals surface area contributed by atoms with E-state index in [-0.39, 0.29) is 0 Å². The molecule has 2 aromatic heterocycles. The Kier molecular flexibility index (Phi) is 3.50. The highest BCUT2D eigenvalue weighted by atomic mass is 79.9. The van der Waals surface area contributed by atoms with Crippen LogP contribution in [0, 0.1) is 0 Å². The van der Waals surface area contributed by atoms with Gasteiger partial charge in [0.1, 0.15) is 4.21 Å². The van der Waals surface area contributed by atoms with Gasteiger partial charge in [-0.25, -0.2) is 8.42 Å². The third-order valence-corrected chi connectivity index (χ3v) is 6.05. The topological polar surface area (TPSA) is 50.3 Å². The Morgan fingerprint density at radius 1 is 1.35 bits per heavy atom. The molecule has 0 saturated carbocycles. The number of thiophene rings is 1. The van der Waals surface area contributed by atoms with E-state index in [9.17, 15) is 8.42 Å². The number of hydrogen-bond donors (Lipinski definition) is 0. The summed E-state index contributed by atoms with van der Waals surface area (Å²) < 4.78 is 26.8. The van der Waals surface area contributed by atoms with Gasteiger partial charge in [-0.15, -0.1) is 11.3 Å². The van der Waals surface area contributed by atoms with Gasteiger partial charge < -0.3 is 0 Å². The fraction of sp³-hybridized carbons (Fsp3) is 0.100. The minimum atomic E-state index is -3.49. The Labute approximate surface area is 112 Å². The van der Waals surface area contributed by atoms with Crippen molar-refractivity contribution in [1.29, 1.82) is 0 Å². The molecule has 0 aromatic carbocycles. The zero-order valence-electron chi connectivity index (χ0n) is 8.87. The highest BCUT2D eigenvalue weighted by Gasteiger charge is 2.23. The summed E-state index contributed by atoms with van der Waals surface area (Å²) in [6.07, 6.45) is 3.12. The van der Waals surface area contributed by atoms with Gasteiger partial charge in [0.2, 0.25) is 0 Å². The molecule has 0 atom stereocenters. The van der Waals surface area contributed by atoms with Gasteiger partial charge in [-0.1, -0.05) is 0 Å². The molecule has 0 radical (unpaired) electrons. The first-order chi connectivity index (χ1) is 8.01. The van der Waals surface area contributed by atoms with Gasteiger partial charge in [-0.05, 0) is 40.2 Å². The van der Waals surface area contributed by atoms with E-state index >= 15 is 0 Å². The number of nitrogens with zero attached hydrogens (tertiary/aromatic N) is 2. The number of pyridine rings is 1. The van der Waals surface area contributed by atoms with Crippen molar-refractivity contribution in [2.45, 2.75) is 4.21 Å². The van der Waals surface area contributed by atoms with Crippen LogP contribution in [0.2, 0.25) is 0 Å². The van der Waals surface area contributed by atoms with Crippen LogP contribution >= 0.6 is 27.3 Å². The van der Waals surface area contributed by atoms with E-state index in [4.69, 9.17) is 0 Å². The fourth-order valence-electron chi connectivity index (χ4n) is 1.25. The van der Waals surface area contributed by atoms with Crippen LogP contribution in [-0.4, -0.2) is 20.4 Å². The molecule has 0 saturated heterocycles. The third kappa shape index (κ3) is 2.51. The molecule has 0 N–H and O–H groups in total. The van der Waals surface area contributed by atoms with Crippen molar-refractivity contribution in [3.63, 3.8) is 0 Å². The Morgan fingerprint density at radius 2 is 2.12 bits per heavy atom. The quantitative estimate of drug-likeness (QED) is 0.868. The van der Waals surface area contributed by atoms with Gasteiger partial charge in [-0.3, -0.25) is 9.29 Å². The maximum Gasteiger partial charge on any atom is 0.273 e. The lowest BCUT2D eigenvalue weighted by molar-refractivity contribution is 0.596. The van der Waals surface area contributed by atoms with Crippen LogP contribution in [0.25, 0.3) is 0 Å². The number of rotatable bonds is 3. The molecule has 0 amide bonds. The fourth-order valence-corrected chi connectivity index (χ4v) is 4.61. The summed E-state index contributed by atoms with van der Waals surface area (Å²) in [6, 6.07) is 6.70. The first-order valence-corrected chi connectivity index (χ1v) is 7.71. The molecule has 4 nitrogen and oxygen atoms in total. The Hall–Kier alpha value is -0.920. The summed E-state index contributed by atoms with van der Waals surface area (Å²) >= 11 is 4.44. The van der Waals surface area contributed by atoms with E-state index in [1.807, 2.05) is 0 Å². The Morgan fingerprint density at radius 3 is 2.65 bits per heavy atom. The van der Waals surface area contributed by atoms with E-state index in [1.54, 1.807) is 30.5 Å². The molecule has 2 aromatic rings. The lowest BCUT2D eigenvalue weighted by atomic mass is 10.4. The molecule has 2 rings (SSSR count). The Balaban J connectivity index is 2.40. The van der Waals surface area contributed by atoms with Crippen LogP contribution in [-0.2, 0) is 10.0 Å². The smallest absolute Gasteiger partial charge is 0.267 e. The van der Waals surface area contributed by atoms with Crippen molar-refractivity contribution in [1.82, 2.24) is 4.98 Å².